The van der Waals surface area contributed by atoms with Crippen LogP contribution in [0.3, 0.4) is 0 Å². The number of rotatable bonds is 3. The predicted octanol–water partition coefficient (Wildman–Crippen LogP) is 3.11. The van der Waals surface area contributed by atoms with Gasteiger partial charge in [0.1, 0.15) is 5.75 Å². The quantitative estimate of drug-likeness (QED) is 0.868. The molecule has 0 spiro atoms. The van der Waals surface area contributed by atoms with Crippen LogP contribution in [0.4, 0.5) is 4.79 Å². The van der Waals surface area contributed by atoms with Crippen molar-refractivity contribution in [2.45, 2.75) is 39.9 Å². The van der Waals surface area contributed by atoms with Gasteiger partial charge in [0.15, 0.2) is 6.73 Å². The molecule has 1 aliphatic rings. The number of nitrogens with zero attached hydrogens (tertiary/aromatic N) is 1. The second-order valence-corrected chi connectivity index (χ2v) is 6.18. The Labute approximate surface area is 136 Å². The molecule has 1 aromatic carbocycles. The van der Waals surface area contributed by atoms with Crippen LogP contribution in [0.5, 0.6) is 5.75 Å². The summed E-state index contributed by atoms with van der Waals surface area (Å²) >= 11 is 6.12. The van der Waals surface area contributed by atoms with Gasteiger partial charge in [0.25, 0.3) is 0 Å². The Morgan fingerprint density at radius 3 is 2.41 bits per heavy atom. The van der Waals surface area contributed by atoms with E-state index in [9.17, 15) is 4.79 Å². The lowest BCUT2D eigenvalue weighted by Crippen LogP contribution is -2.52. The van der Waals surface area contributed by atoms with Crippen molar-refractivity contribution in [1.82, 2.24) is 10.2 Å². The minimum absolute atomic E-state index is 0.0528. The van der Waals surface area contributed by atoms with Crippen LogP contribution in [0.2, 0.25) is 5.02 Å². The molecule has 0 radical (unpaired) electrons. The Hall–Kier alpha value is -1.46. The average molecular weight is 327 g/mol. The van der Waals surface area contributed by atoms with Gasteiger partial charge in [-0.1, -0.05) is 11.6 Å². The second-order valence-electron chi connectivity index (χ2n) is 5.80. The summed E-state index contributed by atoms with van der Waals surface area (Å²) in [4.78, 5) is 13.9. The average Bonchev–Trinajstić information content (AvgIpc) is 2.43. The monoisotopic (exact) mass is 326 g/mol. The Morgan fingerprint density at radius 2 is 1.86 bits per heavy atom. The topological polar surface area (TPSA) is 50.8 Å². The van der Waals surface area contributed by atoms with Crippen molar-refractivity contribution in [2.75, 3.05) is 19.8 Å². The fourth-order valence-corrected chi connectivity index (χ4v) is 2.74. The van der Waals surface area contributed by atoms with E-state index < -0.39 is 0 Å². The molecule has 5 nitrogen and oxygen atoms in total. The minimum Gasteiger partial charge on any atom is -0.473 e. The summed E-state index contributed by atoms with van der Waals surface area (Å²) in [6, 6.07) is 3.59. The third-order valence-corrected chi connectivity index (χ3v) is 4.18. The van der Waals surface area contributed by atoms with Crippen LogP contribution in [0.15, 0.2) is 12.1 Å². The Morgan fingerprint density at radius 1 is 1.32 bits per heavy atom. The first-order chi connectivity index (χ1) is 10.4. The van der Waals surface area contributed by atoms with Gasteiger partial charge < -0.3 is 19.7 Å². The first kappa shape index (κ1) is 16.9. The first-order valence-electron chi connectivity index (χ1n) is 7.44. The maximum absolute atomic E-state index is 12.1. The molecule has 2 unspecified atom stereocenters. The number of nitrogens with one attached hydrogen (secondary N) is 1. The molecular formula is C16H23ClN2O3. The summed E-state index contributed by atoms with van der Waals surface area (Å²) in [7, 11) is 0. The Kier molecular flexibility index (Phi) is 5.53. The molecule has 2 amide bonds. The number of carbonyl (C=O) groups is 1. The van der Waals surface area contributed by atoms with E-state index in [4.69, 9.17) is 21.1 Å². The Balaban J connectivity index is 1.84. The molecule has 0 saturated carbocycles. The summed E-state index contributed by atoms with van der Waals surface area (Å²) in [6.45, 7) is 9.09. The first-order valence-corrected chi connectivity index (χ1v) is 7.82. The molecule has 122 valence electrons. The van der Waals surface area contributed by atoms with Crippen LogP contribution < -0.4 is 10.1 Å². The van der Waals surface area contributed by atoms with E-state index in [1.54, 1.807) is 4.90 Å². The highest BCUT2D eigenvalue weighted by molar-refractivity contribution is 6.32. The molecule has 22 heavy (non-hydrogen) atoms. The van der Waals surface area contributed by atoms with E-state index in [0.717, 1.165) is 16.1 Å². The van der Waals surface area contributed by atoms with E-state index in [0.29, 0.717) is 18.8 Å². The van der Waals surface area contributed by atoms with Gasteiger partial charge in [0.2, 0.25) is 0 Å². The molecule has 1 saturated heterocycles. The summed E-state index contributed by atoms with van der Waals surface area (Å²) < 4.78 is 11.2. The summed E-state index contributed by atoms with van der Waals surface area (Å²) in [6.07, 6.45) is 0.106. The largest absolute Gasteiger partial charge is 0.473 e. The maximum atomic E-state index is 12.1. The predicted molar refractivity (Wildman–Crippen MR) is 86.5 cm³/mol. The van der Waals surface area contributed by atoms with E-state index in [1.165, 1.54) is 0 Å². The molecule has 1 aromatic rings. The molecule has 0 aliphatic carbocycles. The third-order valence-electron chi connectivity index (χ3n) is 3.58. The van der Waals surface area contributed by atoms with Crippen LogP contribution in [-0.2, 0) is 4.74 Å². The number of amides is 2. The highest BCUT2D eigenvalue weighted by Gasteiger charge is 2.25. The highest BCUT2D eigenvalue weighted by Crippen LogP contribution is 2.25. The van der Waals surface area contributed by atoms with Gasteiger partial charge in [-0.25, -0.2) is 4.79 Å². The number of hydrogen-bond donors (Lipinski definition) is 1. The van der Waals surface area contributed by atoms with Crippen molar-refractivity contribution in [3.63, 3.8) is 0 Å². The maximum Gasteiger partial charge on any atom is 0.320 e. The Bertz CT molecular complexity index is 517. The van der Waals surface area contributed by atoms with Crippen LogP contribution in [0.25, 0.3) is 0 Å². The number of hydrogen-bond acceptors (Lipinski definition) is 3. The zero-order valence-electron chi connectivity index (χ0n) is 13.5. The van der Waals surface area contributed by atoms with Crippen molar-refractivity contribution >= 4 is 17.6 Å². The van der Waals surface area contributed by atoms with E-state index in [-0.39, 0.29) is 25.0 Å². The SMILES string of the molecule is Cc1cc(OCNC(=O)N2CC(C)OC(C)C2)cc(C)c1Cl. The standard InChI is InChI=1S/C16H23ClN2O3/c1-10-5-14(6-11(2)15(10)17)21-9-18-16(20)19-7-12(3)22-13(4)8-19/h5-6,12-13H,7-9H2,1-4H3,(H,18,20). The molecular weight excluding hydrogens is 304 g/mol. The van der Waals surface area contributed by atoms with Crippen LogP contribution >= 0.6 is 11.6 Å². The van der Waals surface area contributed by atoms with Gasteiger partial charge in [-0.3, -0.25) is 0 Å². The zero-order chi connectivity index (χ0) is 16.3. The van der Waals surface area contributed by atoms with E-state index in [1.807, 2.05) is 39.8 Å². The number of carbonyl (C=O) groups excluding carboxylic acids is 1. The van der Waals surface area contributed by atoms with E-state index >= 15 is 0 Å². The van der Waals surface area contributed by atoms with Crippen LogP contribution in [0, 0.1) is 13.8 Å². The normalized spacial score (nSPS) is 21.6. The summed E-state index contributed by atoms with van der Waals surface area (Å²) in [5.41, 5.74) is 1.91. The smallest absolute Gasteiger partial charge is 0.320 e. The lowest BCUT2D eigenvalue weighted by atomic mass is 10.1. The van der Waals surface area contributed by atoms with Crippen molar-refractivity contribution in [3.8, 4) is 5.75 Å². The van der Waals surface area contributed by atoms with Crippen molar-refractivity contribution < 1.29 is 14.3 Å². The lowest BCUT2D eigenvalue weighted by Gasteiger charge is -2.35. The van der Waals surface area contributed by atoms with Crippen LogP contribution in [-0.4, -0.2) is 43.0 Å². The van der Waals surface area contributed by atoms with E-state index in [2.05, 4.69) is 5.32 Å². The molecule has 2 rings (SSSR count). The number of urea groups is 1. The molecule has 1 aliphatic heterocycles. The van der Waals surface area contributed by atoms with Gasteiger partial charge in [0, 0.05) is 18.1 Å². The number of ether oxygens (including phenoxy) is 2. The molecule has 0 aromatic heterocycles. The van der Waals surface area contributed by atoms with Gasteiger partial charge in [0.05, 0.1) is 12.2 Å². The van der Waals surface area contributed by atoms with Crippen LogP contribution in [0.1, 0.15) is 25.0 Å². The minimum atomic E-state index is -0.135. The molecule has 1 N–H and O–H groups in total. The zero-order valence-corrected chi connectivity index (χ0v) is 14.2. The van der Waals surface area contributed by atoms with Gasteiger partial charge in [-0.2, -0.15) is 0 Å². The third kappa shape index (κ3) is 4.27. The highest BCUT2D eigenvalue weighted by atomic mass is 35.5. The molecule has 1 heterocycles. The molecule has 2 atom stereocenters. The number of aryl methyl sites for hydroxylation is 2. The summed E-state index contributed by atoms with van der Waals surface area (Å²) in [5.74, 6) is 0.698. The molecule has 1 fully saturated rings. The summed E-state index contributed by atoms with van der Waals surface area (Å²) in [5, 5.41) is 3.51. The number of halogens is 1. The van der Waals surface area contributed by atoms with Crippen molar-refractivity contribution in [2.24, 2.45) is 0 Å². The van der Waals surface area contributed by atoms with Gasteiger partial charge in [-0.05, 0) is 51.0 Å². The van der Waals surface area contributed by atoms with Gasteiger partial charge in [-0.15, -0.1) is 0 Å². The van der Waals surface area contributed by atoms with Crippen molar-refractivity contribution in [1.29, 1.82) is 0 Å². The van der Waals surface area contributed by atoms with Gasteiger partial charge >= 0.3 is 6.03 Å². The second kappa shape index (κ2) is 7.20. The van der Waals surface area contributed by atoms with Crippen molar-refractivity contribution in [3.05, 3.63) is 28.3 Å². The number of morpholine rings is 1. The molecule has 6 heteroatoms. The lowest BCUT2D eigenvalue weighted by molar-refractivity contribution is -0.0548. The fraction of sp³-hybridized carbons (Fsp3) is 0.562. The molecule has 0 bridgehead atoms. The fourth-order valence-electron chi connectivity index (χ4n) is 2.63. The number of benzene rings is 1.